The van der Waals surface area contributed by atoms with Gasteiger partial charge in [-0.2, -0.15) is 5.10 Å². The average Bonchev–Trinajstić information content (AvgIpc) is 2.46. The molecular weight excluding hydrogens is 200 g/mol. The van der Waals surface area contributed by atoms with Gasteiger partial charge in [0.1, 0.15) is 5.82 Å². The van der Waals surface area contributed by atoms with Crippen LogP contribution in [0.1, 0.15) is 53.2 Å². The second-order valence-corrected chi connectivity index (χ2v) is 5.79. The van der Waals surface area contributed by atoms with Gasteiger partial charge in [-0.25, -0.2) is 4.98 Å². The van der Waals surface area contributed by atoms with Crippen molar-refractivity contribution in [1.82, 2.24) is 20.1 Å². The van der Waals surface area contributed by atoms with Crippen LogP contribution in [0.5, 0.6) is 0 Å². The summed E-state index contributed by atoms with van der Waals surface area (Å²) in [6, 6.07) is 0. The Morgan fingerprint density at radius 3 is 2.12 bits per heavy atom. The van der Waals surface area contributed by atoms with Crippen molar-refractivity contribution < 1.29 is 0 Å². The number of aromatic nitrogens is 3. The molecule has 0 aliphatic carbocycles. The summed E-state index contributed by atoms with van der Waals surface area (Å²) in [5.74, 6) is 1.88. The van der Waals surface area contributed by atoms with Crippen LogP contribution in [-0.4, -0.2) is 21.3 Å². The van der Waals surface area contributed by atoms with Gasteiger partial charge < -0.3 is 5.32 Å². The largest absolute Gasteiger partial charge is 0.306 e. The highest BCUT2D eigenvalue weighted by Gasteiger charge is 2.28. The van der Waals surface area contributed by atoms with E-state index in [9.17, 15) is 0 Å². The van der Waals surface area contributed by atoms with Crippen molar-refractivity contribution >= 4 is 0 Å². The van der Waals surface area contributed by atoms with Crippen molar-refractivity contribution in [2.45, 2.75) is 52.5 Å². The summed E-state index contributed by atoms with van der Waals surface area (Å²) in [6.45, 7) is 13.7. The molecule has 0 aromatic carbocycles. The predicted molar refractivity (Wildman–Crippen MR) is 66.4 cm³/mol. The molecule has 1 aromatic rings. The van der Waals surface area contributed by atoms with Crippen LogP contribution in [0.4, 0.5) is 0 Å². The van der Waals surface area contributed by atoms with E-state index in [1.54, 1.807) is 0 Å². The summed E-state index contributed by atoms with van der Waals surface area (Å²) in [7, 11) is 1.96. The number of hydrogen-bond acceptors (Lipinski definition) is 3. The van der Waals surface area contributed by atoms with Crippen LogP contribution in [0.2, 0.25) is 0 Å². The lowest BCUT2D eigenvalue weighted by molar-refractivity contribution is 0.375. The van der Waals surface area contributed by atoms with Gasteiger partial charge in [0, 0.05) is 12.5 Å². The van der Waals surface area contributed by atoms with Crippen molar-refractivity contribution in [3.8, 4) is 0 Å². The first-order valence-corrected chi connectivity index (χ1v) is 5.85. The predicted octanol–water partition coefficient (Wildman–Crippen LogP) is 1.96. The third-order valence-electron chi connectivity index (χ3n) is 2.61. The summed E-state index contributed by atoms with van der Waals surface area (Å²) in [6.07, 6.45) is 0. The molecular formula is C12H24N4. The van der Waals surface area contributed by atoms with Crippen molar-refractivity contribution in [1.29, 1.82) is 0 Å². The Kier molecular flexibility index (Phi) is 3.43. The summed E-state index contributed by atoms with van der Waals surface area (Å²) in [5.41, 5.74) is -0.141. The quantitative estimate of drug-likeness (QED) is 0.853. The van der Waals surface area contributed by atoms with E-state index in [1.165, 1.54) is 0 Å². The highest BCUT2D eigenvalue weighted by molar-refractivity contribution is 5.09. The first-order valence-electron chi connectivity index (χ1n) is 5.85. The Hall–Kier alpha value is -0.900. The van der Waals surface area contributed by atoms with Crippen LogP contribution >= 0.6 is 0 Å². The highest BCUT2D eigenvalue weighted by Crippen LogP contribution is 2.23. The van der Waals surface area contributed by atoms with Gasteiger partial charge in [-0.05, 0) is 20.4 Å². The molecule has 0 amide bonds. The van der Waals surface area contributed by atoms with Crippen LogP contribution in [0.15, 0.2) is 0 Å². The molecule has 0 radical (unpaired) electrons. The minimum atomic E-state index is -0.139. The first-order chi connectivity index (χ1) is 7.18. The van der Waals surface area contributed by atoms with Crippen molar-refractivity contribution in [3.63, 3.8) is 0 Å². The zero-order valence-corrected chi connectivity index (χ0v) is 11.5. The Balaban J connectivity index is 3.12. The molecule has 1 heterocycles. The van der Waals surface area contributed by atoms with Gasteiger partial charge in [-0.15, -0.1) is 0 Å². The zero-order valence-electron chi connectivity index (χ0n) is 11.5. The molecule has 1 aromatic heterocycles. The van der Waals surface area contributed by atoms with Crippen LogP contribution in [0.25, 0.3) is 0 Å². The van der Waals surface area contributed by atoms with Gasteiger partial charge >= 0.3 is 0 Å². The van der Waals surface area contributed by atoms with E-state index in [1.807, 2.05) is 11.7 Å². The Labute approximate surface area is 98.5 Å². The normalized spacial score (nSPS) is 13.2. The molecule has 0 atom stereocenters. The van der Waals surface area contributed by atoms with Gasteiger partial charge in [-0.3, -0.25) is 4.68 Å². The van der Waals surface area contributed by atoms with Crippen LogP contribution < -0.4 is 5.32 Å². The van der Waals surface area contributed by atoms with Gasteiger partial charge in [0.05, 0.1) is 5.54 Å². The number of aryl methyl sites for hydroxylation is 1. The fraction of sp³-hybridized carbons (Fsp3) is 0.833. The van der Waals surface area contributed by atoms with E-state index in [4.69, 9.17) is 0 Å². The minimum absolute atomic E-state index is 0.00168. The molecule has 16 heavy (non-hydrogen) atoms. The third-order valence-corrected chi connectivity index (χ3v) is 2.61. The van der Waals surface area contributed by atoms with Crippen molar-refractivity contribution in [3.05, 3.63) is 11.6 Å². The zero-order chi connectivity index (χ0) is 12.6. The lowest BCUT2D eigenvalue weighted by atomic mass is 9.96. The van der Waals surface area contributed by atoms with Gasteiger partial charge in [0.2, 0.25) is 0 Å². The SMILES string of the molecule is CCNC(C)(C)c1nc(C(C)(C)C)nn1C. The molecule has 0 aliphatic rings. The number of rotatable bonds is 3. The van der Waals surface area contributed by atoms with Crippen LogP contribution in [0.3, 0.4) is 0 Å². The molecule has 0 aliphatic heterocycles. The van der Waals surface area contributed by atoms with E-state index in [0.717, 1.165) is 18.2 Å². The first kappa shape index (κ1) is 13.2. The van der Waals surface area contributed by atoms with Gasteiger partial charge in [-0.1, -0.05) is 27.7 Å². The number of nitrogens with zero attached hydrogens (tertiary/aromatic N) is 3. The lowest BCUT2D eigenvalue weighted by Gasteiger charge is -2.24. The van der Waals surface area contributed by atoms with E-state index in [2.05, 4.69) is 56.9 Å². The van der Waals surface area contributed by atoms with Gasteiger partial charge in [0.15, 0.2) is 5.82 Å². The maximum absolute atomic E-state index is 4.66. The van der Waals surface area contributed by atoms with E-state index in [0.29, 0.717) is 0 Å². The van der Waals surface area contributed by atoms with Crippen LogP contribution in [0, 0.1) is 0 Å². The Morgan fingerprint density at radius 2 is 1.75 bits per heavy atom. The fourth-order valence-corrected chi connectivity index (χ4v) is 1.77. The monoisotopic (exact) mass is 224 g/mol. The number of nitrogens with one attached hydrogen (secondary N) is 1. The van der Waals surface area contributed by atoms with E-state index >= 15 is 0 Å². The highest BCUT2D eigenvalue weighted by atomic mass is 15.4. The topological polar surface area (TPSA) is 42.7 Å². The standard InChI is InChI=1S/C12H24N4/c1-8-13-12(5,6)10-14-9(11(2,3)4)15-16(10)7/h13H,8H2,1-7H3. The van der Waals surface area contributed by atoms with E-state index < -0.39 is 0 Å². The molecule has 1 rings (SSSR count). The molecule has 0 saturated heterocycles. The lowest BCUT2D eigenvalue weighted by Crippen LogP contribution is -2.38. The van der Waals surface area contributed by atoms with Crippen LogP contribution in [-0.2, 0) is 18.0 Å². The summed E-state index contributed by atoms with van der Waals surface area (Å²) in [4.78, 5) is 4.66. The molecule has 1 N–H and O–H groups in total. The van der Waals surface area contributed by atoms with Crippen molar-refractivity contribution in [2.75, 3.05) is 6.54 Å². The maximum Gasteiger partial charge on any atom is 0.156 e. The summed E-state index contributed by atoms with van der Waals surface area (Å²) >= 11 is 0. The smallest absolute Gasteiger partial charge is 0.156 e. The summed E-state index contributed by atoms with van der Waals surface area (Å²) < 4.78 is 1.88. The third kappa shape index (κ3) is 2.61. The molecule has 92 valence electrons. The average molecular weight is 224 g/mol. The molecule has 0 unspecified atom stereocenters. The summed E-state index contributed by atoms with van der Waals surface area (Å²) in [5, 5.41) is 7.92. The minimum Gasteiger partial charge on any atom is -0.306 e. The van der Waals surface area contributed by atoms with E-state index in [-0.39, 0.29) is 11.0 Å². The maximum atomic E-state index is 4.66. The number of hydrogen-bond donors (Lipinski definition) is 1. The molecule has 4 heteroatoms. The Morgan fingerprint density at radius 1 is 1.19 bits per heavy atom. The Bertz CT molecular complexity index is 358. The second-order valence-electron chi connectivity index (χ2n) is 5.79. The molecule has 0 bridgehead atoms. The fourth-order valence-electron chi connectivity index (χ4n) is 1.77. The van der Waals surface area contributed by atoms with Gasteiger partial charge in [0.25, 0.3) is 0 Å². The van der Waals surface area contributed by atoms with Crippen molar-refractivity contribution in [2.24, 2.45) is 7.05 Å². The molecule has 0 fully saturated rings. The molecule has 0 saturated carbocycles. The molecule has 0 spiro atoms. The molecule has 4 nitrogen and oxygen atoms in total. The second kappa shape index (κ2) is 4.17.